The molecule has 5 nitrogen and oxygen atoms in total. The highest BCUT2D eigenvalue weighted by atomic mass is 32.2. The van der Waals surface area contributed by atoms with Gasteiger partial charge in [-0.05, 0) is 30.2 Å². The maximum atomic E-state index is 12.2. The van der Waals surface area contributed by atoms with Crippen molar-refractivity contribution in [2.75, 3.05) is 6.54 Å². The van der Waals surface area contributed by atoms with E-state index in [1.807, 2.05) is 61.0 Å². The lowest BCUT2D eigenvalue weighted by Gasteiger charge is -2.07. The van der Waals surface area contributed by atoms with Gasteiger partial charge in [0.15, 0.2) is 0 Å². The topological polar surface area (TPSA) is 64.0 Å². The van der Waals surface area contributed by atoms with Gasteiger partial charge in [-0.25, -0.2) is 18.1 Å². The lowest BCUT2D eigenvalue weighted by molar-refractivity contribution is 0.579. The van der Waals surface area contributed by atoms with Crippen LogP contribution < -0.4 is 4.72 Å². The van der Waals surface area contributed by atoms with E-state index >= 15 is 0 Å². The molecule has 0 saturated heterocycles. The molecule has 0 aliphatic carbocycles. The predicted octanol–water partition coefficient (Wildman–Crippen LogP) is 2.54. The molecule has 0 radical (unpaired) electrons. The Labute approximate surface area is 142 Å². The van der Waals surface area contributed by atoms with Crippen molar-refractivity contribution in [2.45, 2.75) is 19.1 Å². The number of hydrogen-bond acceptors (Lipinski definition) is 3. The number of hydrogen-bond donors (Lipinski definition) is 1. The largest absolute Gasteiger partial charge is 0.331 e. The first kappa shape index (κ1) is 16.7. The molecular weight excluding hydrogens is 322 g/mol. The molecule has 0 spiro atoms. The number of aryl methyl sites for hydroxylation is 2. The van der Waals surface area contributed by atoms with Gasteiger partial charge in [0.25, 0.3) is 0 Å². The van der Waals surface area contributed by atoms with E-state index in [2.05, 4.69) is 15.8 Å². The summed E-state index contributed by atoms with van der Waals surface area (Å²) in [6.45, 7) is 2.37. The van der Waals surface area contributed by atoms with E-state index in [4.69, 9.17) is 0 Å². The number of imidazole rings is 1. The van der Waals surface area contributed by atoms with Crippen molar-refractivity contribution < 1.29 is 8.42 Å². The first-order valence-electron chi connectivity index (χ1n) is 7.88. The Bertz CT molecular complexity index is 947. The molecule has 0 bridgehead atoms. The van der Waals surface area contributed by atoms with Crippen LogP contribution in [-0.4, -0.2) is 24.5 Å². The number of rotatable bonds is 6. The second-order valence-electron chi connectivity index (χ2n) is 5.97. The minimum absolute atomic E-state index is 0.00439. The molecule has 0 aliphatic heterocycles. The fraction of sp³-hybridized carbons (Fsp3) is 0.278. The Morgan fingerprint density at radius 3 is 2.62 bits per heavy atom. The number of sulfonamides is 1. The van der Waals surface area contributed by atoms with E-state index in [0.717, 1.165) is 28.0 Å². The minimum Gasteiger partial charge on any atom is -0.331 e. The molecule has 0 aliphatic rings. The van der Waals surface area contributed by atoms with Gasteiger partial charge in [-0.2, -0.15) is 0 Å². The van der Waals surface area contributed by atoms with Gasteiger partial charge in [0.2, 0.25) is 10.0 Å². The molecule has 24 heavy (non-hydrogen) atoms. The average Bonchev–Trinajstić information content (AvgIpc) is 2.83. The maximum Gasteiger partial charge on any atom is 0.215 e. The Morgan fingerprint density at radius 1 is 1.12 bits per heavy atom. The van der Waals surface area contributed by atoms with Crippen molar-refractivity contribution in [3.8, 4) is 0 Å². The van der Waals surface area contributed by atoms with Gasteiger partial charge in [-0.3, -0.25) is 0 Å². The van der Waals surface area contributed by atoms with E-state index in [9.17, 15) is 8.42 Å². The number of aromatic nitrogens is 2. The van der Waals surface area contributed by atoms with Crippen molar-refractivity contribution in [3.05, 3.63) is 65.5 Å². The van der Waals surface area contributed by atoms with Crippen LogP contribution in [-0.2, 0) is 29.2 Å². The quantitative estimate of drug-likeness (QED) is 0.748. The summed E-state index contributed by atoms with van der Waals surface area (Å²) in [5.74, 6) is 0.869. The van der Waals surface area contributed by atoms with Gasteiger partial charge < -0.3 is 4.57 Å². The average molecular weight is 343 g/mol. The van der Waals surface area contributed by atoms with E-state index in [0.29, 0.717) is 13.0 Å². The van der Waals surface area contributed by atoms with E-state index in [-0.39, 0.29) is 5.75 Å². The highest BCUT2D eigenvalue weighted by Crippen LogP contribution is 2.16. The monoisotopic (exact) mass is 343 g/mol. The zero-order chi connectivity index (χ0) is 17.2. The molecule has 1 aromatic heterocycles. The smallest absolute Gasteiger partial charge is 0.215 e. The van der Waals surface area contributed by atoms with Crippen LogP contribution in [0.25, 0.3) is 11.0 Å². The molecule has 0 saturated carbocycles. The number of fused-ring (bicyclic) bond motifs is 1. The summed E-state index contributed by atoms with van der Waals surface area (Å²) in [6.07, 6.45) is 0.554. The highest BCUT2D eigenvalue weighted by Gasteiger charge is 2.12. The molecule has 6 heteroatoms. The summed E-state index contributed by atoms with van der Waals surface area (Å²) in [7, 11) is -1.38. The summed E-state index contributed by atoms with van der Waals surface area (Å²) >= 11 is 0. The van der Waals surface area contributed by atoms with Crippen LogP contribution in [0.2, 0.25) is 0 Å². The lowest BCUT2D eigenvalue weighted by atomic mass is 10.2. The van der Waals surface area contributed by atoms with Gasteiger partial charge in [0.05, 0.1) is 16.8 Å². The van der Waals surface area contributed by atoms with Crippen molar-refractivity contribution in [1.29, 1.82) is 0 Å². The standard InChI is InChI=1S/C18H21N3O2S/c1-14-8-9-17-16(12-14)20-18(21(17)2)10-11-19-24(22,23)13-15-6-4-3-5-7-15/h3-9,12,19H,10-11,13H2,1-2H3. The van der Waals surface area contributed by atoms with Gasteiger partial charge in [-0.15, -0.1) is 0 Å². The zero-order valence-corrected chi connectivity index (χ0v) is 14.7. The molecule has 0 amide bonds. The number of nitrogens with one attached hydrogen (secondary N) is 1. The molecule has 1 N–H and O–H groups in total. The lowest BCUT2D eigenvalue weighted by Crippen LogP contribution is -2.27. The third kappa shape index (κ3) is 3.83. The van der Waals surface area contributed by atoms with Crippen LogP contribution in [0.5, 0.6) is 0 Å². The van der Waals surface area contributed by atoms with Crippen LogP contribution in [0, 0.1) is 6.92 Å². The third-order valence-electron chi connectivity index (χ3n) is 4.00. The van der Waals surface area contributed by atoms with Crippen molar-refractivity contribution >= 4 is 21.1 Å². The number of benzene rings is 2. The van der Waals surface area contributed by atoms with Gasteiger partial charge in [0, 0.05) is 20.0 Å². The van der Waals surface area contributed by atoms with Gasteiger partial charge in [-0.1, -0.05) is 36.4 Å². The molecular formula is C18H21N3O2S. The molecule has 3 aromatic rings. The molecule has 1 heterocycles. The SMILES string of the molecule is Cc1ccc2c(c1)nc(CCNS(=O)(=O)Cc1ccccc1)n2C. The zero-order valence-electron chi connectivity index (χ0n) is 13.9. The summed E-state index contributed by atoms with van der Waals surface area (Å²) in [6, 6.07) is 15.3. The van der Waals surface area contributed by atoms with E-state index in [1.54, 1.807) is 0 Å². The number of nitrogens with zero attached hydrogens (tertiary/aromatic N) is 2. The van der Waals surface area contributed by atoms with Crippen LogP contribution in [0.15, 0.2) is 48.5 Å². The summed E-state index contributed by atoms with van der Waals surface area (Å²) in [5, 5.41) is 0. The van der Waals surface area contributed by atoms with E-state index in [1.165, 1.54) is 0 Å². The Balaban J connectivity index is 1.65. The molecule has 0 unspecified atom stereocenters. The predicted molar refractivity (Wildman–Crippen MR) is 96.2 cm³/mol. The summed E-state index contributed by atoms with van der Waals surface area (Å²) in [5.41, 5.74) is 3.95. The van der Waals surface area contributed by atoms with Gasteiger partial charge >= 0.3 is 0 Å². The van der Waals surface area contributed by atoms with Crippen LogP contribution in [0.4, 0.5) is 0 Å². The molecule has 3 rings (SSSR count). The molecule has 0 atom stereocenters. The van der Waals surface area contributed by atoms with E-state index < -0.39 is 10.0 Å². The third-order valence-corrected chi connectivity index (χ3v) is 5.36. The highest BCUT2D eigenvalue weighted by molar-refractivity contribution is 7.88. The Kier molecular flexibility index (Phi) is 4.69. The normalized spacial score (nSPS) is 11.9. The first-order valence-corrected chi connectivity index (χ1v) is 9.53. The van der Waals surface area contributed by atoms with Crippen molar-refractivity contribution in [1.82, 2.24) is 14.3 Å². The van der Waals surface area contributed by atoms with Crippen molar-refractivity contribution in [3.63, 3.8) is 0 Å². The first-order chi connectivity index (χ1) is 11.4. The van der Waals surface area contributed by atoms with Crippen LogP contribution >= 0.6 is 0 Å². The molecule has 126 valence electrons. The fourth-order valence-corrected chi connectivity index (χ4v) is 3.89. The second kappa shape index (κ2) is 6.75. The molecule has 2 aromatic carbocycles. The second-order valence-corrected chi connectivity index (χ2v) is 7.78. The fourth-order valence-electron chi connectivity index (χ4n) is 2.75. The summed E-state index contributed by atoms with van der Waals surface area (Å²) < 4.78 is 29.0. The van der Waals surface area contributed by atoms with Crippen LogP contribution in [0.3, 0.4) is 0 Å². The van der Waals surface area contributed by atoms with Crippen LogP contribution in [0.1, 0.15) is 17.0 Å². The Morgan fingerprint density at radius 2 is 1.88 bits per heavy atom. The summed E-state index contributed by atoms with van der Waals surface area (Å²) in [4.78, 5) is 4.60. The maximum absolute atomic E-state index is 12.2. The van der Waals surface area contributed by atoms with Crippen molar-refractivity contribution in [2.24, 2.45) is 7.05 Å². The Hall–Kier alpha value is -2.18. The van der Waals surface area contributed by atoms with Gasteiger partial charge in [0.1, 0.15) is 5.82 Å². The minimum atomic E-state index is -3.34. The molecule has 0 fully saturated rings.